The molecule has 0 atom stereocenters. The number of amides is 1. The maximum atomic E-state index is 12.8. The highest BCUT2D eigenvalue weighted by Gasteiger charge is 2.20. The number of para-hydroxylation sites is 1. The van der Waals surface area contributed by atoms with E-state index in [4.69, 9.17) is 9.72 Å². The molecule has 0 saturated heterocycles. The molecule has 0 spiro atoms. The van der Waals surface area contributed by atoms with E-state index in [1.807, 2.05) is 72.2 Å². The predicted molar refractivity (Wildman–Crippen MR) is 129 cm³/mol. The molecule has 0 fully saturated rings. The number of hydrogen-bond donors (Lipinski definition) is 1. The van der Waals surface area contributed by atoms with E-state index in [-0.39, 0.29) is 17.9 Å². The summed E-state index contributed by atoms with van der Waals surface area (Å²) in [4.78, 5) is 17.5. The van der Waals surface area contributed by atoms with Gasteiger partial charge in [0.1, 0.15) is 11.4 Å². The van der Waals surface area contributed by atoms with Gasteiger partial charge in [0.2, 0.25) is 0 Å². The number of rotatable bonds is 5. The molecule has 0 radical (unpaired) electrons. The number of carbonyl (C=O) groups excluding carboxylic acids is 1. The molecule has 1 amide bonds. The van der Waals surface area contributed by atoms with Crippen molar-refractivity contribution in [2.75, 3.05) is 11.9 Å². The van der Waals surface area contributed by atoms with Gasteiger partial charge in [0.15, 0.2) is 6.61 Å². The van der Waals surface area contributed by atoms with Gasteiger partial charge in [0, 0.05) is 18.0 Å². The summed E-state index contributed by atoms with van der Waals surface area (Å²) in [6.07, 6.45) is 3.95. The van der Waals surface area contributed by atoms with Crippen LogP contribution in [-0.4, -0.2) is 21.9 Å². The second-order valence-electron chi connectivity index (χ2n) is 9.18. The Hall–Kier alpha value is -3.60. The number of nitrogens with one attached hydrogen (secondary N) is 1. The van der Waals surface area contributed by atoms with Crippen molar-refractivity contribution in [3.05, 3.63) is 83.7 Å². The molecule has 32 heavy (non-hydrogen) atoms. The topological polar surface area (TPSA) is 55.6 Å². The number of hydrogen-bond acceptors (Lipinski definition) is 3. The smallest absolute Gasteiger partial charge is 0.262 e. The number of ether oxygens (including phenoxy) is 1. The zero-order valence-corrected chi connectivity index (χ0v) is 19.3. The van der Waals surface area contributed by atoms with Gasteiger partial charge in [-0.2, -0.15) is 0 Å². The van der Waals surface area contributed by atoms with E-state index in [9.17, 15) is 4.79 Å². The molecule has 1 N–H and O–H groups in total. The van der Waals surface area contributed by atoms with E-state index in [1.165, 1.54) is 5.56 Å². The van der Waals surface area contributed by atoms with Gasteiger partial charge in [-0.05, 0) is 48.6 Å². The number of pyridine rings is 1. The molecule has 2 aromatic carbocycles. The lowest BCUT2D eigenvalue weighted by Crippen LogP contribution is -2.22. The highest BCUT2D eigenvalue weighted by Crippen LogP contribution is 2.32. The van der Waals surface area contributed by atoms with E-state index < -0.39 is 0 Å². The third kappa shape index (κ3) is 4.52. The van der Waals surface area contributed by atoms with E-state index in [0.717, 1.165) is 33.8 Å². The maximum Gasteiger partial charge on any atom is 0.262 e. The van der Waals surface area contributed by atoms with Crippen molar-refractivity contribution in [1.29, 1.82) is 0 Å². The average molecular weight is 428 g/mol. The fourth-order valence-corrected chi connectivity index (χ4v) is 3.78. The minimum absolute atomic E-state index is 0.0647. The highest BCUT2D eigenvalue weighted by molar-refractivity contribution is 5.96. The second-order valence-corrected chi connectivity index (χ2v) is 9.18. The molecular formula is C27H29N3O2. The first-order chi connectivity index (χ1) is 15.2. The third-order valence-corrected chi connectivity index (χ3v) is 5.46. The largest absolute Gasteiger partial charge is 0.483 e. The molecule has 0 aliphatic rings. The Labute approximate surface area is 189 Å². The van der Waals surface area contributed by atoms with Crippen molar-refractivity contribution in [1.82, 2.24) is 9.38 Å². The van der Waals surface area contributed by atoms with Gasteiger partial charge in [-0.25, -0.2) is 4.98 Å². The van der Waals surface area contributed by atoms with Crippen LogP contribution >= 0.6 is 0 Å². The highest BCUT2D eigenvalue weighted by atomic mass is 16.5. The molecule has 2 aromatic heterocycles. The summed E-state index contributed by atoms with van der Waals surface area (Å²) in [5, 5.41) is 2.99. The van der Waals surface area contributed by atoms with Crippen LogP contribution in [-0.2, 0) is 10.2 Å². The number of carbonyl (C=O) groups is 1. The third-order valence-electron chi connectivity index (χ3n) is 5.46. The van der Waals surface area contributed by atoms with Crippen LogP contribution in [0.5, 0.6) is 5.75 Å². The van der Waals surface area contributed by atoms with E-state index in [1.54, 1.807) is 0 Å². The average Bonchev–Trinajstić information content (AvgIpc) is 3.18. The molecule has 0 aliphatic carbocycles. The summed E-state index contributed by atoms with van der Waals surface area (Å²) in [5.74, 6) is 0.528. The van der Waals surface area contributed by atoms with Crippen molar-refractivity contribution in [2.24, 2.45) is 0 Å². The van der Waals surface area contributed by atoms with Crippen LogP contribution in [0.2, 0.25) is 0 Å². The molecule has 0 bridgehead atoms. The van der Waals surface area contributed by atoms with Gasteiger partial charge >= 0.3 is 0 Å². The van der Waals surface area contributed by atoms with Gasteiger partial charge < -0.3 is 14.5 Å². The number of aryl methyl sites for hydroxylation is 2. The summed E-state index contributed by atoms with van der Waals surface area (Å²) in [5.41, 5.74) is 6.57. The zero-order chi connectivity index (χ0) is 22.9. The van der Waals surface area contributed by atoms with Crippen LogP contribution in [0.15, 0.2) is 67.0 Å². The quantitative estimate of drug-likeness (QED) is 0.429. The molecule has 0 aliphatic heterocycles. The Balaban J connectivity index is 1.54. The molecular weight excluding hydrogens is 398 g/mol. The second kappa shape index (κ2) is 8.50. The Morgan fingerprint density at radius 2 is 1.84 bits per heavy atom. The first kappa shape index (κ1) is 21.6. The number of fused-ring (bicyclic) bond motifs is 1. The maximum absolute atomic E-state index is 12.8. The minimum atomic E-state index is -0.210. The van der Waals surface area contributed by atoms with Gasteiger partial charge in [-0.1, -0.05) is 62.7 Å². The molecule has 0 unspecified atom stereocenters. The zero-order valence-electron chi connectivity index (χ0n) is 19.3. The van der Waals surface area contributed by atoms with E-state index in [2.05, 4.69) is 39.1 Å². The fraction of sp³-hybridized carbons (Fsp3) is 0.259. The number of imidazole rings is 1. The Morgan fingerprint density at radius 3 is 2.59 bits per heavy atom. The molecule has 4 aromatic rings. The van der Waals surface area contributed by atoms with Crippen LogP contribution in [0, 0.1) is 13.8 Å². The SMILES string of the molecule is Cc1ccc(OCC(=O)Nc2ccccc2-c2cn3cccc(C)c3n2)c(C(C)(C)C)c1. The van der Waals surface area contributed by atoms with Crippen LogP contribution < -0.4 is 10.1 Å². The van der Waals surface area contributed by atoms with E-state index in [0.29, 0.717) is 5.69 Å². The normalized spacial score (nSPS) is 11.5. The van der Waals surface area contributed by atoms with Crippen LogP contribution in [0.3, 0.4) is 0 Å². The first-order valence-electron chi connectivity index (χ1n) is 10.8. The van der Waals surface area contributed by atoms with Crippen LogP contribution in [0.25, 0.3) is 16.9 Å². The summed E-state index contributed by atoms with van der Waals surface area (Å²) in [7, 11) is 0. The fourth-order valence-electron chi connectivity index (χ4n) is 3.78. The molecule has 5 heteroatoms. The monoisotopic (exact) mass is 427 g/mol. The Morgan fingerprint density at radius 1 is 1.06 bits per heavy atom. The van der Waals surface area contributed by atoms with Crippen molar-refractivity contribution in [3.63, 3.8) is 0 Å². The minimum Gasteiger partial charge on any atom is -0.483 e. The van der Waals surface area contributed by atoms with Gasteiger partial charge in [0.05, 0.1) is 11.4 Å². The molecule has 4 rings (SSSR count). The van der Waals surface area contributed by atoms with Gasteiger partial charge in [0.25, 0.3) is 5.91 Å². The molecule has 2 heterocycles. The molecule has 164 valence electrons. The Kier molecular flexibility index (Phi) is 5.74. The van der Waals surface area contributed by atoms with Gasteiger partial charge in [-0.15, -0.1) is 0 Å². The summed E-state index contributed by atoms with van der Waals surface area (Å²) in [6, 6.07) is 17.8. The summed E-state index contributed by atoms with van der Waals surface area (Å²) >= 11 is 0. The van der Waals surface area contributed by atoms with Crippen LogP contribution in [0.1, 0.15) is 37.5 Å². The van der Waals surface area contributed by atoms with E-state index >= 15 is 0 Å². The lowest BCUT2D eigenvalue weighted by Gasteiger charge is -2.23. The predicted octanol–water partition coefficient (Wildman–Crippen LogP) is 5.93. The Bertz CT molecular complexity index is 1280. The van der Waals surface area contributed by atoms with Crippen molar-refractivity contribution < 1.29 is 9.53 Å². The summed E-state index contributed by atoms with van der Waals surface area (Å²) < 4.78 is 7.93. The lowest BCUT2D eigenvalue weighted by atomic mass is 9.85. The van der Waals surface area contributed by atoms with Crippen molar-refractivity contribution >= 4 is 17.2 Å². The number of anilines is 1. The number of benzene rings is 2. The van der Waals surface area contributed by atoms with Crippen LogP contribution in [0.4, 0.5) is 5.69 Å². The molecule has 5 nitrogen and oxygen atoms in total. The number of nitrogens with zero attached hydrogens (tertiary/aromatic N) is 2. The van der Waals surface area contributed by atoms with Crippen molar-refractivity contribution in [2.45, 2.75) is 40.0 Å². The van der Waals surface area contributed by atoms with Crippen molar-refractivity contribution in [3.8, 4) is 17.0 Å². The molecule has 0 saturated carbocycles. The standard InChI is InChI=1S/C27H29N3O2/c1-18-12-13-24(21(15-18)27(3,4)5)32-17-25(31)28-22-11-7-6-10-20(22)23-16-30-14-8-9-19(2)26(30)29-23/h6-16H,17H2,1-5H3,(H,28,31). The number of aromatic nitrogens is 2. The first-order valence-corrected chi connectivity index (χ1v) is 10.8. The summed E-state index contributed by atoms with van der Waals surface area (Å²) in [6.45, 7) is 10.5. The lowest BCUT2D eigenvalue weighted by molar-refractivity contribution is -0.118. The van der Waals surface area contributed by atoms with Gasteiger partial charge in [-0.3, -0.25) is 4.79 Å².